The number of piperazine rings is 1. The zero-order valence-corrected chi connectivity index (χ0v) is 19.3. The van der Waals surface area contributed by atoms with Crippen molar-refractivity contribution in [1.29, 1.82) is 5.26 Å². The van der Waals surface area contributed by atoms with Crippen LogP contribution in [0.3, 0.4) is 0 Å². The van der Waals surface area contributed by atoms with Gasteiger partial charge in [-0.05, 0) is 43.7 Å². The number of carbonyl (C=O) groups is 1. The summed E-state index contributed by atoms with van der Waals surface area (Å²) in [7, 11) is 1.67. The molecular weight excluding hydrogens is 418 g/mol. The average molecular weight is 448 g/mol. The summed E-state index contributed by atoms with van der Waals surface area (Å²) in [6.45, 7) is 7.81. The highest BCUT2D eigenvalue weighted by molar-refractivity contribution is 5.93. The van der Waals surface area contributed by atoms with Gasteiger partial charge in [0.2, 0.25) is 5.91 Å². The molecule has 0 saturated carbocycles. The van der Waals surface area contributed by atoms with Crippen LogP contribution in [0.25, 0.3) is 0 Å². The average Bonchev–Trinajstić information content (AvgIpc) is 3.42. The Kier molecular flexibility index (Phi) is 6.71. The Morgan fingerprint density at radius 1 is 1.18 bits per heavy atom. The fourth-order valence-corrected chi connectivity index (χ4v) is 4.23. The molecule has 3 aromatic rings. The third kappa shape index (κ3) is 4.89. The minimum atomic E-state index is -0.125. The lowest BCUT2D eigenvalue weighted by atomic mass is 10.2. The van der Waals surface area contributed by atoms with Gasteiger partial charge in [-0.25, -0.2) is 0 Å². The van der Waals surface area contributed by atoms with Crippen molar-refractivity contribution in [3.8, 4) is 11.8 Å². The maximum absolute atomic E-state index is 12.9. The van der Waals surface area contributed by atoms with Crippen LogP contribution in [0, 0.1) is 25.2 Å². The molecular formula is C25H29N5O3. The topological polar surface area (TPSA) is 86.7 Å². The molecule has 1 fully saturated rings. The Balaban J connectivity index is 1.40. The molecule has 8 heteroatoms. The van der Waals surface area contributed by atoms with E-state index in [1.54, 1.807) is 13.4 Å². The zero-order valence-electron chi connectivity index (χ0n) is 19.3. The van der Waals surface area contributed by atoms with E-state index >= 15 is 0 Å². The van der Waals surface area contributed by atoms with Gasteiger partial charge in [0.15, 0.2) is 0 Å². The van der Waals surface area contributed by atoms with Gasteiger partial charge in [-0.1, -0.05) is 6.07 Å². The molecule has 4 rings (SSSR count). The summed E-state index contributed by atoms with van der Waals surface area (Å²) < 4.78 is 12.7. The Morgan fingerprint density at radius 3 is 2.64 bits per heavy atom. The molecule has 1 N–H and O–H groups in total. The number of ether oxygens (including phenoxy) is 1. The van der Waals surface area contributed by atoms with Crippen molar-refractivity contribution in [3.05, 3.63) is 65.2 Å². The van der Waals surface area contributed by atoms with Crippen LogP contribution in [0.1, 0.15) is 22.6 Å². The largest absolute Gasteiger partial charge is 0.497 e. The number of anilines is 2. The van der Waals surface area contributed by atoms with E-state index in [1.165, 1.54) is 0 Å². The molecule has 1 aliphatic rings. The van der Waals surface area contributed by atoms with Crippen LogP contribution in [0.5, 0.6) is 5.75 Å². The number of benzene rings is 1. The molecule has 172 valence electrons. The first-order valence-electron chi connectivity index (χ1n) is 11.0. The number of nitrogens with one attached hydrogen (secondary N) is 1. The van der Waals surface area contributed by atoms with E-state index in [9.17, 15) is 10.1 Å². The number of furan rings is 1. The van der Waals surface area contributed by atoms with Gasteiger partial charge in [0.1, 0.15) is 23.4 Å². The molecule has 1 aromatic carbocycles. The van der Waals surface area contributed by atoms with Crippen molar-refractivity contribution in [3.63, 3.8) is 0 Å². The first-order valence-corrected chi connectivity index (χ1v) is 11.0. The number of hydrogen-bond donors (Lipinski definition) is 1. The highest BCUT2D eigenvalue weighted by Gasteiger charge is 2.23. The predicted octanol–water partition coefficient (Wildman–Crippen LogP) is 3.39. The summed E-state index contributed by atoms with van der Waals surface area (Å²) in [6.07, 6.45) is 1.62. The van der Waals surface area contributed by atoms with Gasteiger partial charge in [0, 0.05) is 43.6 Å². The highest BCUT2D eigenvalue weighted by Crippen LogP contribution is 2.27. The third-order valence-corrected chi connectivity index (χ3v) is 6.25. The quantitative estimate of drug-likeness (QED) is 0.598. The first kappa shape index (κ1) is 22.5. The number of nitrogens with zero attached hydrogens (tertiary/aromatic N) is 4. The molecule has 0 radical (unpaired) electrons. The molecule has 0 atom stereocenters. The smallest absolute Gasteiger partial charge is 0.239 e. The lowest BCUT2D eigenvalue weighted by molar-refractivity contribution is -0.117. The van der Waals surface area contributed by atoms with E-state index in [1.807, 2.05) is 48.7 Å². The van der Waals surface area contributed by atoms with E-state index in [0.717, 1.165) is 54.6 Å². The second-order valence-electron chi connectivity index (χ2n) is 8.22. The number of carbonyl (C=O) groups excluding carboxylic acids is 1. The number of rotatable bonds is 7. The molecule has 8 nitrogen and oxygen atoms in total. The SMILES string of the molecule is COc1cccc(N2CCN(CC(=O)Nc3c(C#N)c(C)c(C)n3Cc3ccco3)CC2)c1. The number of aromatic nitrogens is 1. The number of nitriles is 1. The third-order valence-electron chi connectivity index (χ3n) is 6.25. The van der Waals surface area contributed by atoms with Crippen LogP contribution in [0.15, 0.2) is 47.1 Å². The Bertz CT molecular complexity index is 1150. The molecule has 0 aliphatic carbocycles. The van der Waals surface area contributed by atoms with E-state index in [2.05, 4.69) is 27.3 Å². The van der Waals surface area contributed by atoms with Crippen molar-refractivity contribution in [2.75, 3.05) is 50.1 Å². The minimum absolute atomic E-state index is 0.125. The van der Waals surface area contributed by atoms with Gasteiger partial charge in [-0.3, -0.25) is 9.69 Å². The van der Waals surface area contributed by atoms with Crippen LogP contribution in [-0.2, 0) is 11.3 Å². The van der Waals surface area contributed by atoms with Gasteiger partial charge < -0.3 is 23.9 Å². The summed E-state index contributed by atoms with van der Waals surface area (Å²) in [5.74, 6) is 2.01. The van der Waals surface area contributed by atoms with Crippen molar-refractivity contribution in [2.45, 2.75) is 20.4 Å². The first-order chi connectivity index (χ1) is 16.0. The van der Waals surface area contributed by atoms with Gasteiger partial charge in [0.05, 0.1) is 32.0 Å². The van der Waals surface area contributed by atoms with Crippen molar-refractivity contribution >= 4 is 17.4 Å². The summed E-state index contributed by atoms with van der Waals surface area (Å²) in [4.78, 5) is 17.4. The highest BCUT2D eigenvalue weighted by atomic mass is 16.5. The maximum atomic E-state index is 12.9. The fraction of sp³-hybridized carbons (Fsp3) is 0.360. The summed E-state index contributed by atoms with van der Waals surface area (Å²) in [5, 5.41) is 12.7. The molecule has 1 amide bonds. The Labute approximate surface area is 194 Å². The second-order valence-corrected chi connectivity index (χ2v) is 8.22. The summed E-state index contributed by atoms with van der Waals surface area (Å²) >= 11 is 0. The molecule has 2 aromatic heterocycles. The molecule has 0 bridgehead atoms. The number of amides is 1. The maximum Gasteiger partial charge on any atom is 0.239 e. The van der Waals surface area contributed by atoms with E-state index in [-0.39, 0.29) is 12.5 Å². The van der Waals surface area contributed by atoms with E-state index < -0.39 is 0 Å². The van der Waals surface area contributed by atoms with Crippen LogP contribution < -0.4 is 15.0 Å². The lowest BCUT2D eigenvalue weighted by Crippen LogP contribution is -2.48. The zero-order chi connectivity index (χ0) is 23.4. The van der Waals surface area contributed by atoms with E-state index in [0.29, 0.717) is 17.9 Å². The van der Waals surface area contributed by atoms with Crippen molar-refractivity contribution in [1.82, 2.24) is 9.47 Å². The fourth-order valence-electron chi connectivity index (χ4n) is 4.23. The molecule has 3 heterocycles. The van der Waals surface area contributed by atoms with Crippen LogP contribution in [-0.4, -0.2) is 55.2 Å². The van der Waals surface area contributed by atoms with Gasteiger partial charge in [-0.15, -0.1) is 0 Å². The summed E-state index contributed by atoms with van der Waals surface area (Å²) in [5.41, 5.74) is 3.42. The normalized spacial score (nSPS) is 14.2. The van der Waals surface area contributed by atoms with Crippen LogP contribution in [0.2, 0.25) is 0 Å². The summed E-state index contributed by atoms with van der Waals surface area (Å²) in [6, 6.07) is 14.0. The van der Waals surface area contributed by atoms with E-state index in [4.69, 9.17) is 9.15 Å². The monoisotopic (exact) mass is 447 g/mol. The predicted molar refractivity (Wildman–Crippen MR) is 127 cm³/mol. The molecule has 1 aliphatic heterocycles. The second kappa shape index (κ2) is 9.84. The minimum Gasteiger partial charge on any atom is -0.497 e. The van der Waals surface area contributed by atoms with Crippen LogP contribution >= 0.6 is 0 Å². The van der Waals surface area contributed by atoms with Crippen molar-refractivity contribution < 1.29 is 13.9 Å². The van der Waals surface area contributed by atoms with Crippen molar-refractivity contribution in [2.24, 2.45) is 0 Å². The standard InChI is InChI=1S/C25H29N5O3/c1-18-19(2)30(16-22-8-5-13-33-22)25(23(18)15-26)27-24(31)17-28-9-11-29(12-10-28)20-6-4-7-21(14-20)32-3/h4-8,13-14H,9-12,16-17H2,1-3H3,(H,27,31). The molecule has 1 saturated heterocycles. The van der Waals surface area contributed by atoms with Gasteiger partial charge in [0.25, 0.3) is 0 Å². The lowest BCUT2D eigenvalue weighted by Gasteiger charge is -2.35. The Hall–Kier alpha value is -3.70. The van der Waals surface area contributed by atoms with Gasteiger partial charge >= 0.3 is 0 Å². The molecule has 0 unspecified atom stereocenters. The molecule has 33 heavy (non-hydrogen) atoms. The Morgan fingerprint density at radius 2 is 1.97 bits per heavy atom. The van der Waals surface area contributed by atoms with Gasteiger partial charge in [-0.2, -0.15) is 5.26 Å². The molecule has 0 spiro atoms. The number of methoxy groups -OCH3 is 1. The van der Waals surface area contributed by atoms with Crippen LogP contribution in [0.4, 0.5) is 11.5 Å². The number of hydrogen-bond acceptors (Lipinski definition) is 6.